The maximum absolute atomic E-state index is 4.98. The van der Waals surface area contributed by atoms with E-state index in [1.54, 1.807) is 0 Å². The number of imidazole rings is 1. The Morgan fingerprint density at radius 3 is 2.42 bits per heavy atom. The Labute approximate surface area is 159 Å². The number of hydrogen-bond donors (Lipinski definition) is 0. The van der Waals surface area contributed by atoms with E-state index < -0.39 is 0 Å². The van der Waals surface area contributed by atoms with Gasteiger partial charge in [0.2, 0.25) is 0 Å². The third-order valence-electron chi connectivity index (χ3n) is 4.95. The predicted octanol–water partition coefficient (Wildman–Crippen LogP) is 6.14. The number of fused-ring (bicyclic) bond motifs is 1. The maximum Gasteiger partial charge on any atom is 0.117 e. The first-order chi connectivity index (χ1) is 12.4. The fourth-order valence-electron chi connectivity index (χ4n) is 3.77. The van der Waals surface area contributed by atoms with Gasteiger partial charge in [-0.2, -0.15) is 0 Å². The van der Waals surface area contributed by atoms with Crippen LogP contribution in [0.2, 0.25) is 0 Å². The molecule has 0 aliphatic heterocycles. The highest BCUT2D eigenvalue weighted by atomic mass is 32.1. The van der Waals surface area contributed by atoms with E-state index in [1.807, 2.05) is 11.3 Å². The van der Waals surface area contributed by atoms with Crippen LogP contribution in [0.4, 0.5) is 0 Å². The van der Waals surface area contributed by atoms with Crippen LogP contribution in [0.15, 0.2) is 42.6 Å². The Morgan fingerprint density at radius 1 is 1.00 bits per heavy atom. The van der Waals surface area contributed by atoms with Gasteiger partial charge in [-0.1, -0.05) is 35.9 Å². The minimum atomic E-state index is 0.990. The average Bonchev–Trinajstić information content (AvgIpc) is 3.09. The van der Waals surface area contributed by atoms with Gasteiger partial charge in [-0.3, -0.25) is 0 Å². The summed E-state index contributed by atoms with van der Waals surface area (Å²) < 4.78 is 3.45. The molecule has 0 saturated carbocycles. The van der Waals surface area contributed by atoms with Gasteiger partial charge in [-0.15, -0.1) is 11.3 Å². The largest absolute Gasteiger partial charge is 0.337 e. The van der Waals surface area contributed by atoms with E-state index >= 15 is 0 Å². The second-order valence-electron chi connectivity index (χ2n) is 7.08. The van der Waals surface area contributed by atoms with Gasteiger partial charge >= 0.3 is 0 Å². The van der Waals surface area contributed by atoms with Gasteiger partial charge < -0.3 is 4.57 Å². The second-order valence-corrected chi connectivity index (χ2v) is 8.34. The van der Waals surface area contributed by atoms with Crippen molar-refractivity contribution < 1.29 is 0 Å². The lowest BCUT2D eigenvalue weighted by molar-refractivity contribution is 0.869. The van der Waals surface area contributed by atoms with E-state index in [1.165, 1.54) is 42.8 Å². The Morgan fingerprint density at radius 2 is 1.69 bits per heavy atom. The van der Waals surface area contributed by atoms with Gasteiger partial charge in [0.1, 0.15) is 5.82 Å². The molecule has 0 aliphatic rings. The lowest BCUT2D eigenvalue weighted by Crippen LogP contribution is -2.00. The highest BCUT2D eigenvalue weighted by molar-refractivity contribution is 7.19. The lowest BCUT2D eigenvalue weighted by Gasteiger charge is -2.10. The van der Waals surface area contributed by atoms with Crippen molar-refractivity contribution in [2.24, 2.45) is 7.05 Å². The Hall–Kier alpha value is -2.39. The summed E-state index contributed by atoms with van der Waals surface area (Å²) in [6.07, 6.45) is 4.35. The molecule has 2 aromatic heterocycles. The molecule has 4 rings (SSSR count). The van der Waals surface area contributed by atoms with Crippen molar-refractivity contribution in [3.8, 4) is 11.3 Å². The summed E-state index contributed by atoms with van der Waals surface area (Å²) >= 11 is 1.84. The molecule has 2 aromatic carbocycles. The molecular formula is C23H23N2S. The molecule has 2 heterocycles. The molecular weight excluding hydrogens is 336 g/mol. The topological polar surface area (TPSA) is 17.8 Å². The summed E-state index contributed by atoms with van der Waals surface area (Å²) in [6.45, 7) is 8.68. The second kappa shape index (κ2) is 6.40. The third kappa shape index (κ3) is 2.86. The third-order valence-corrected chi connectivity index (χ3v) is 6.04. The van der Waals surface area contributed by atoms with Crippen LogP contribution >= 0.6 is 11.3 Å². The van der Waals surface area contributed by atoms with Crippen molar-refractivity contribution >= 4 is 21.4 Å². The Kier molecular flexibility index (Phi) is 4.20. The van der Waals surface area contributed by atoms with Crippen LogP contribution in [-0.2, 0) is 7.05 Å². The van der Waals surface area contributed by atoms with Crippen LogP contribution in [0.25, 0.3) is 21.3 Å². The number of benzene rings is 2. The highest BCUT2D eigenvalue weighted by Gasteiger charge is 2.16. The smallest absolute Gasteiger partial charge is 0.117 e. The number of hydrogen-bond acceptors (Lipinski definition) is 2. The monoisotopic (exact) mass is 359 g/mol. The van der Waals surface area contributed by atoms with Crippen molar-refractivity contribution in [1.29, 1.82) is 0 Å². The first-order valence-corrected chi connectivity index (χ1v) is 9.70. The average molecular weight is 360 g/mol. The summed E-state index contributed by atoms with van der Waals surface area (Å²) in [4.78, 5) is 6.30. The summed E-state index contributed by atoms with van der Waals surface area (Å²) in [6, 6.07) is 13.1. The summed E-state index contributed by atoms with van der Waals surface area (Å²) in [5, 5.41) is 1.29. The molecule has 0 fully saturated rings. The number of nitrogens with zero attached hydrogens (tertiary/aromatic N) is 2. The van der Waals surface area contributed by atoms with E-state index in [4.69, 9.17) is 4.98 Å². The van der Waals surface area contributed by atoms with Crippen molar-refractivity contribution in [3.63, 3.8) is 0 Å². The number of aromatic nitrogens is 2. The molecule has 0 saturated heterocycles. The van der Waals surface area contributed by atoms with Crippen molar-refractivity contribution in [1.82, 2.24) is 9.55 Å². The zero-order valence-corrected chi connectivity index (χ0v) is 16.7. The zero-order chi connectivity index (χ0) is 18.4. The van der Waals surface area contributed by atoms with Crippen LogP contribution in [0, 0.1) is 34.1 Å². The SMILES string of the molecule is Cc1cc(C)c([CH]c2nc(-c3c(C)sc4ccccc34)cn2C)c(C)c1. The Bertz CT molecular complexity index is 1090. The summed E-state index contributed by atoms with van der Waals surface area (Å²) in [5.41, 5.74) is 7.48. The normalized spacial score (nSPS) is 11.4. The van der Waals surface area contributed by atoms with E-state index in [9.17, 15) is 0 Å². The maximum atomic E-state index is 4.98. The molecule has 4 aromatic rings. The molecule has 0 aliphatic carbocycles. The molecule has 0 bridgehead atoms. The van der Waals surface area contributed by atoms with Crippen LogP contribution in [0.5, 0.6) is 0 Å². The zero-order valence-electron chi connectivity index (χ0n) is 15.9. The van der Waals surface area contributed by atoms with Gasteiger partial charge in [-0.05, 0) is 50.5 Å². The fourth-order valence-corrected chi connectivity index (χ4v) is 4.84. The fraction of sp³-hybridized carbons (Fsp3) is 0.217. The molecule has 0 atom stereocenters. The highest BCUT2D eigenvalue weighted by Crippen LogP contribution is 2.37. The van der Waals surface area contributed by atoms with Gasteiger partial charge in [0, 0.05) is 33.8 Å². The first kappa shape index (κ1) is 17.0. The molecule has 3 heteroatoms. The molecule has 0 spiro atoms. The van der Waals surface area contributed by atoms with Crippen molar-refractivity contribution in [2.45, 2.75) is 27.7 Å². The van der Waals surface area contributed by atoms with Crippen molar-refractivity contribution in [3.05, 3.63) is 82.0 Å². The van der Waals surface area contributed by atoms with E-state index in [0.717, 1.165) is 11.5 Å². The Balaban J connectivity index is 1.78. The van der Waals surface area contributed by atoms with E-state index in [0.29, 0.717) is 0 Å². The summed E-state index contributed by atoms with van der Waals surface area (Å²) in [7, 11) is 2.07. The molecule has 0 N–H and O–H groups in total. The lowest BCUT2D eigenvalue weighted by atomic mass is 9.97. The minimum Gasteiger partial charge on any atom is -0.337 e. The minimum absolute atomic E-state index is 0.990. The van der Waals surface area contributed by atoms with Gasteiger partial charge in [0.25, 0.3) is 0 Å². The van der Waals surface area contributed by atoms with Gasteiger partial charge in [0.05, 0.1) is 12.1 Å². The van der Waals surface area contributed by atoms with Crippen LogP contribution in [0.3, 0.4) is 0 Å². The molecule has 131 valence electrons. The first-order valence-electron chi connectivity index (χ1n) is 8.88. The van der Waals surface area contributed by atoms with Crippen molar-refractivity contribution in [2.75, 3.05) is 0 Å². The quantitative estimate of drug-likeness (QED) is 0.430. The predicted molar refractivity (Wildman–Crippen MR) is 112 cm³/mol. The number of rotatable bonds is 3. The standard InChI is InChI=1S/C23H23N2S/c1-14-10-15(2)19(16(3)11-14)12-22-24-20(13-25(22)5)23-17(4)26-21-9-7-6-8-18(21)23/h6-13H,1-5H3. The summed E-state index contributed by atoms with van der Waals surface area (Å²) in [5.74, 6) is 0.990. The molecule has 0 unspecified atom stereocenters. The van der Waals surface area contributed by atoms with E-state index in [2.05, 4.69) is 88.3 Å². The number of thiophene rings is 1. The van der Waals surface area contributed by atoms with Gasteiger partial charge in [0.15, 0.2) is 0 Å². The van der Waals surface area contributed by atoms with Crippen LogP contribution in [0.1, 0.15) is 33.0 Å². The molecule has 0 amide bonds. The van der Waals surface area contributed by atoms with Gasteiger partial charge in [-0.25, -0.2) is 4.98 Å². The number of aryl methyl sites for hydroxylation is 5. The molecule has 26 heavy (non-hydrogen) atoms. The van der Waals surface area contributed by atoms with E-state index in [-0.39, 0.29) is 0 Å². The van der Waals surface area contributed by atoms with Crippen LogP contribution in [-0.4, -0.2) is 9.55 Å². The molecule has 2 nitrogen and oxygen atoms in total. The molecule has 1 radical (unpaired) electrons. The van der Waals surface area contributed by atoms with Crippen LogP contribution < -0.4 is 0 Å².